The molecule has 4 nitrogen and oxygen atoms in total. The van der Waals surface area contributed by atoms with Crippen LogP contribution >= 0.6 is 15.9 Å². The van der Waals surface area contributed by atoms with Gasteiger partial charge in [-0.1, -0.05) is 28.1 Å². The van der Waals surface area contributed by atoms with Crippen LogP contribution in [0, 0.1) is 0 Å². The summed E-state index contributed by atoms with van der Waals surface area (Å²) in [5, 5.41) is 3.23. The number of halogens is 1. The molecule has 0 aliphatic heterocycles. The van der Waals surface area contributed by atoms with E-state index in [1.807, 2.05) is 44.2 Å². The molecule has 0 spiro atoms. The quantitative estimate of drug-likeness (QED) is 0.870. The number of aromatic nitrogens is 2. The van der Waals surface area contributed by atoms with Gasteiger partial charge >= 0.3 is 0 Å². The second-order valence-electron chi connectivity index (χ2n) is 4.23. The monoisotopic (exact) mass is 335 g/mol. The summed E-state index contributed by atoms with van der Waals surface area (Å²) >= 11 is 3.49. The Hall–Kier alpha value is -1.46. The minimum atomic E-state index is 0.427. The maximum atomic E-state index is 5.41. The van der Waals surface area contributed by atoms with Crippen molar-refractivity contribution in [2.75, 3.05) is 18.5 Å². The van der Waals surface area contributed by atoms with E-state index in [4.69, 9.17) is 4.74 Å². The van der Waals surface area contributed by atoms with Crippen molar-refractivity contribution in [2.45, 2.75) is 20.5 Å². The Morgan fingerprint density at radius 3 is 2.75 bits per heavy atom. The van der Waals surface area contributed by atoms with Gasteiger partial charge in [-0.15, -0.1) is 0 Å². The van der Waals surface area contributed by atoms with Gasteiger partial charge in [-0.2, -0.15) is 0 Å². The molecule has 0 aliphatic rings. The number of rotatable bonds is 6. The molecular weight excluding hydrogens is 318 g/mol. The summed E-state index contributed by atoms with van der Waals surface area (Å²) in [4.78, 5) is 9.02. The van der Waals surface area contributed by atoms with Gasteiger partial charge in [-0.3, -0.25) is 0 Å². The number of hydrogen-bond donors (Lipinski definition) is 1. The van der Waals surface area contributed by atoms with Gasteiger partial charge in [-0.25, -0.2) is 9.97 Å². The molecule has 1 aromatic heterocycles. The lowest BCUT2D eigenvalue weighted by Crippen LogP contribution is -2.06. The van der Waals surface area contributed by atoms with Gasteiger partial charge in [-0.05, 0) is 26.0 Å². The molecule has 20 heavy (non-hydrogen) atoms. The highest BCUT2D eigenvalue weighted by atomic mass is 79.9. The number of anilines is 1. The molecule has 0 saturated heterocycles. The highest BCUT2D eigenvalue weighted by Crippen LogP contribution is 2.23. The van der Waals surface area contributed by atoms with E-state index in [1.165, 1.54) is 0 Å². The fraction of sp³-hybridized carbons (Fsp3) is 0.333. The van der Waals surface area contributed by atoms with Gasteiger partial charge in [0.1, 0.15) is 12.4 Å². The van der Waals surface area contributed by atoms with Crippen LogP contribution in [0.25, 0.3) is 11.3 Å². The van der Waals surface area contributed by atoms with Crippen LogP contribution in [0.15, 0.2) is 34.8 Å². The molecule has 2 aromatic rings. The van der Waals surface area contributed by atoms with E-state index in [1.54, 1.807) is 0 Å². The van der Waals surface area contributed by atoms with Crippen molar-refractivity contribution in [3.05, 3.63) is 40.6 Å². The number of hydrogen-bond acceptors (Lipinski definition) is 4. The van der Waals surface area contributed by atoms with Crippen LogP contribution in [0.3, 0.4) is 0 Å². The molecule has 0 radical (unpaired) electrons. The van der Waals surface area contributed by atoms with Gasteiger partial charge in [0, 0.05) is 29.3 Å². The summed E-state index contributed by atoms with van der Waals surface area (Å²) in [5.41, 5.74) is 1.95. The minimum absolute atomic E-state index is 0.427. The Labute approximate surface area is 127 Å². The molecular formula is C15H18BrN3O. The summed E-state index contributed by atoms with van der Waals surface area (Å²) in [5.74, 6) is 1.52. The third-order valence-electron chi connectivity index (χ3n) is 2.69. The van der Waals surface area contributed by atoms with E-state index in [0.29, 0.717) is 19.0 Å². The zero-order valence-corrected chi connectivity index (χ0v) is 13.3. The van der Waals surface area contributed by atoms with E-state index in [-0.39, 0.29) is 0 Å². The molecule has 0 amide bonds. The van der Waals surface area contributed by atoms with Gasteiger partial charge in [0.25, 0.3) is 0 Å². The van der Waals surface area contributed by atoms with E-state index < -0.39 is 0 Å². The van der Waals surface area contributed by atoms with Crippen molar-refractivity contribution < 1.29 is 4.74 Å². The predicted octanol–water partition coefficient (Wildman–Crippen LogP) is 3.87. The highest BCUT2D eigenvalue weighted by molar-refractivity contribution is 9.10. The van der Waals surface area contributed by atoms with Crippen LogP contribution in [0.4, 0.5) is 5.82 Å². The molecule has 0 saturated carbocycles. The van der Waals surface area contributed by atoms with Crippen molar-refractivity contribution in [3.63, 3.8) is 0 Å². The Balaban J connectivity index is 2.37. The van der Waals surface area contributed by atoms with Crippen molar-refractivity contribution in [3.8, 4) is 11.3 Å². The summed E-state index contributed by atoms with van der Waals surface area (Å²) in [7, 11) is 0. The average Bonchev–Trinajstić information content (AvgIpc) is 2.45. The summed E-state index contributed by atoms with van der Waals surface area (Å²) < 4.78 is 6.44. The fourth-order valence-electron chi connectivity index (χ4n) is 1.82. The SMILES string of the molecule is CCNc1cc(-c2cccc(Br)c2)nc(COCC)n1. The first-order valence-electron chi connectivity index (χ1n) is 6.68. The predicted molar refractivity (Wildman–Crippen MR) is 84.7 cm³/mol. The Kier molecular flexibility index (Phi) is 5.49. The van der Waals surface area contributed by atoms with Crippen molar-refractivity contribution in [2.24, 2.45) is 0 Å². The maximum absolute atomic E-state index is 5.41. The Bertz CT molecular complexity index is 575. The van der Waals surface area contributed by atoms with Crippen LogP contribution < -0.4 is 5.32 Å². The molecule has 0 bridgehead atoms. The van der Waals surface area contributed by atoms with Crippen molar-refractivity contribution in [1.29, 1.82) is 0 Å². The largest absolute Gasteiger partial charge is 0.374 e. The number of ether oxygens (including phenoxy) is 1. The van der Waals surface area contributed by atoms with Gasteiger partial charge in [0.2, 0.25) is 0 Å². The number of benzene rings is 1. The van der Waals surface area contributed by atoms with Crippen LogP contribution in [-0.2, 0) is 11.3 Å². The van der Waals surface area contributed by atoms with E-state index in [2.05, 4.69) is 31.2 Å². The zero-order valence-electron chi connectivity index (χ0n) is 11.7. The van der Waals surface area contributed by atoms with Crippen molar-refractivity contribution in [1.82, 2.24) is 9.97 Å². The van der Waals surface area contributed by atoms with Crippen molar-refractivity contribution >= 4 is 21.7 Å². The average molecular weight is 336 g/mol. The molecule has 1 heterocycles. The second-order valence-corrected chi connectivity index (χ2v) is 5.15. The maximum Gasteiger partial charge on any atom is 0.157 e. The van der Waals surface area contributed by atoms with Crippen LogP contribution in [-0.4, -0.2) is 23.1 Å². The van der Waals surface area contributed by atoms with Crippen LogP contribution in [0.1, 0.15) is 19.7 Å². The zero-order chi connectivity index (χ0) is 14.4. The first-order chi connectivity index (χ1) is 9.72. The Morgan fingerprint density at radius 2 is 2.05 bits per heavy atom. The topological polar surface area (TPSA) is 47.0 Å². The molecule has 1 aromatic carbocycles. The normalized spacial score (nSPS) is 10.6. The minimum Gasteiger partial charge on any atom is -0.374 e. The third kappa shape index (κ3) is 4.02. The van der Waals surface area contributed by atoms with Gasteiger partial charge < -0.3 is 10.1 Å². The second kappa shape index (κ2) is 7.36. The molecule has 1 N–H and O–H groups in total. The standard InChI is InChI=1S/C15H18BrN3O/c1-3-17-14-9-13(11-6-5-7-12(16)8-11)18-15(19-14)10-20-4-2/h5-9H,3-4,10H2,1-2H3,(H,17,18,19). The highest BCUT2D eigenvalue weighted by Gasteiger charge is 2.07. The molecule has 0 unspecified atom stereocenters. The first-order valence-corrected chi connectivity index (χ1v) is 7.47. The summed E-state index contributed by atoms with van der Waals surface area (Å²) in [6.45, 7) is 5.91. The summed E-state index contributed by atoms with van der Waals surface area (Å²) in [6.07, 6.45) is 0. The molecule has 2 rings (SSSR count). The van der Waals surface area contributed by atoms with E-state index in [9.17, 15) is 0 Å². The fourth-order valence-corrected chi connectivity index (χ4v) is 2.22. The lowest BCUT2D eigenvalue weighted by molar-refractivity contribution is 0.128. The molecule has 106 valence electrons. The van der Waals surface area contributed by atoms with E-state index in [0.717, 1.165) is 28.1 Å². The first kappa shape index (κ1) is 14.9. The Morgan fingerprint density at radius 1 is 1.20 bits per heavy atom. The number of nitrogens with zero attached hydrogens (tertiary/aromatic N) is 2. The molecule has 0 atom stereocenters. The van der Waals surface area contributed by atoms with E-state index >= 15 is 0 Å². The molecule has 0 aliphatic carbocycles. The summed E-state index contributed by atoms with van der Waals surface area (Å²) in [6, 6.07) is 10.0. The van der Waals surface area contributed by atoms with Gasteiger partial charge in [0.05, 0.1) is 5.69 Å². The van der Waals surface area contributed by atoms with Crippen LogP contribution in [0.5, 0.6) is 0 Å². The molecule has 0 fully saturated rings. The smallest absolute Gasteiger partial charge is 0.157 e. The molecule has 5 heteroatoms. The third-order valence-corrected chi connectivity index (χ3v) is 3.18. The number of nitrogens with one attached hydrogen (secondary N) is 1. The van der Waals surface area contributed by atoms with Gasteiger partial charge in [0.15, 0.2) is 5.82 Å². The van der Waals surface area contributed by atoms with Crippen LogP contribution in [0.2, 0.25) is 0 Å². The lowest BCUT2D eigenvalue weighted by atomic mass is 10.1. The lowest BCUT2D eigenvalue weighted by Gasteiger charge is -2.09.